The van der Waals surface area contributed by atoms with Gasteiger partial charge < -0.3 is 4.74 Å². The molecule has 1 atom stereocenters. The van der Waals surface area contributed by atoms with E-state index in [0.717, 1.165) is 23.3 Å². The first kappa shape index (κ1) is 16.1. The second-order valence-electron chi connectivity index (χ2n) is 4.67. The molecule has 1 unspecified atom stereocenters. The molecule has 2 aromatic carbocycles. The number of hydrazine groups is 1. The van der Waals surface area contributed by atoms with Crippen LogP contribution in [-0.4, -0.2) is 6.61 Å². The monoisotopic (exact) mass is 324 g/mol. The zero-order valence-corrected chi connectivity index (χ0v) is 13.3. The van der Waals surface area contributed by atoms with Gasteiger partial charge in [0.15, 0.2) is 0 Å². The lowest BCUT2D eigenvalue weighted by atomic mass is 9.99. The molecule has 2 aromatic rings. The molecule has 21 heavy (non-hydrogen) atoms. The molecule has 0 heterocycles. The van der Waals surface area contributed by atoms with Crippen LogP contribution >= 0.6 is 23.2 Å². The van der Waals surface area contributed by atoms with Gasteiger partial charge in [0.25, 0.3) is 0 Å². The fraction of sp³-hybridized carbons (Fsp3) is 0.250. The summed E-state index contributed by atoms with van der Waals surface area (Å²) >= 11 is 12.0. The van der Waals surface area contributed by atoms with Gasteiger partial charge in [0.2, 0.25) is 0 Å². The molecular formula is C16H18Cl2N2O. The van der Waals surface area contributed by atoms with Crippen LogP contribution in [0, 0.1) is 0 Å². The third-order valence-electron chi connectivity index (χ3n) is 3.22. The van der Waals surface area contributed by atoms with E-state index in [9.17, 15) is 0 Å². The highest BCUT2D eigenvalue weighted by atomic mass is 35.5. The molecule has 0 aliphatic rings. The number of halogens is 2. The lowest BCUT2D eigenvalue weighted by Gasteiger charge is -2.17. The number of rotatable bonds is 6. The van der Waals surface area contributed by atoms with Gasteiger partial charge in [-0.05, 0) is 48.7 Å². The quantitative estimate of drug-likeness (QED) is 0.620. The Labute approximate surface area is 135 Å². The van der Waals surface area contributed by atoms with E-state index in [1.807, 2.05) is 43.3 Å². The van der Waals surface area contributed by atoms with E-state index in [2.05, 4.69) is 5.43 Å². The number of nitrogens with one attached hydrogen (secondary N) is 1. The van der Waals surface area contributed by atoms with Gasteiger partial charge >= 0.3 is 0 Å². The van der Waals surface area contributed by atoms with E-state index in [1.165, 1.54) is 0 Å². The van der Waals surface area contributed by atoms with Gasteiger partial charge in [-0.25, -0.2) is 0 Å². The molecule has 0 fully saturated rings. The number of hydrogen-bond donors (Lipinski definition) is 2. The van der Waals surface area contributed by atoms with Crippen molar-refractivity contribution in [2.75, 3.05) is 6.61 Å². The van der Waals surface area contributed by atoms with Crippen LogP contribution in [0.1, 0.15) is 24.1 Å². The molecule has 0 aliphatic heterocycles. The van der Waals surface area contributed by atoms with Crippen LogP contribution in [0.25, 0.3) is 0 Å². The Bertz CT molecular complexity index is 587. The zero-order valence-electron chi connectivity index (χ0n) is 11.8. The predicted molar refractivity (Wildman–Crippen MR) is 87.8 cm³/mol. The molecule has 3 N–H and O–H groups in total. The third-order valence-corrected chi connectivity index (χ3v) is 3.96. The van der Waals surface area contributed by atoms with Crippen LogP contribution in [0.4, 0.5) is 0 Å². The summed E-state index contributed by atoms with van der Waals surface area (Å²) in [5, 5.41) is 1.11. The highest BCUT2D eigenvalue weighted by Crippen LogP contribution is 2.26. The van der Waals surface area contributed by atoms with Crippen molar-refractivity contribution < 1.29 is 4.74 Å². The predicted octanol–water partition coefficient (Wildman–Crippen LogP) is 4.14. The molecule has 0 amide bonds. The van der Waals surface area contributed by atoms with E-state index in [4.69, 9.17) is 33.8 Å². The van der Waals surface area contributed by atoms with Gasteiger partial charge in [-0.3, -0.25) is 11.3 Å². The summed E-state index contributed by atoms with van der Waals surface area (Å²) in [5.74, 6) is 6.53. The Morgan fingerprint density at radius 2 is 1.81 bits per heavy atom. The third kappa shape index (κ3) is 4.35. The zero-order chi connectivity index (χ0) is 15.2. The van der Waals surface area contributed by atoms with Crippen molar-refractivity contribution in [3.05, 3.63) is 63.6 Å². The van der Waals surface area contributed by atoms with Crippen LogP contribution < -0.4 is 16.0 Å². The minimum absolute atomic E-state index is 0.00193. The Morgan fingerprint density at radius 3 is 2.38 bits per heavy atom. The van der Waals surface area contributed by atoms with Crippen molar-refractivity contribution in [1.82, 2.24) is 5.43 Å². The normalized spacial score (nSPS) is 12.2. The second-order valence-corrected chi connectivity index (χ2v) is 5.49. The Balaban J connectivity index is 2.13. The summed E-state index contributed by atoms with van der Waals surface area (Å²) in [5.41, 5.74) is 5.00. The van der Waals surface area contributed by atoms with Crippen molar-refractivity contribution in [1.29, 1.82) is 0 Å². The summed E-state index contributed by atoms with van der Waals surface area (Å²) in [7, 11) is 0. The van der Waals surface area contributed by atoms with Crippen LogP contribution in [0.3, 0.4) is 0 Å². The van der Waals surface area contributed by atoms with Crippen molar-refractivity contribution >= 4 is 23.2 Å². The lowest BCUT2D eigenvalue weighted by Crippen LogP contribution is -2.29. The number of benzene rings is 2. The first-order valence-corrected chi connectivity index (χ1v) is 7.52. The Kier molecular flexibility index (Phi) is 5.88. The molecule has 0 radical (unpaired) electrons. The average molecular weight is 325 g/mol. The van der Waals surface area contributed by atoms with Crippen LogP contribution in [0.15, 0.2) is 42.5 Å². The molecule has 0 saturated carbocycles. The molecule has 0 spiro atoms. The highest BCUT2D eigenvalue weighted by molar-refractivity contribution is 6.42. The average Bonchev–Trinajstić information content (AvgIpc) is 2.50. The molecule has 5 heteroatoms. The fourth-order valence-electron chi connectivity index (χ4n) is 2.14. The molecule has 0 aromatic heterocycles. The SMILES string of the molecule is CCOc1ccc(C(Cc2ccc(Cl)c(Cl)c2)NN)cc1. The van der Waals surface area contributed by atoms with E-state index in [1.54, 1.807) is 6.07 Å². The van der Waals surface area contributed by atoms with Crippen molar-refractivity contribution in [2.24, 2.45) is 5.84 Å². The lowest BCUT2D eigenvalue weighted by molar-refractivity contribution is 0.340. The summed E-state index contributed by atoms with van der Waals surface area (Å²) in [6.45, 7) is 2.61. The first-order valence-electron chi connectivity index (χ1n) is 6.77. The van der Waals surface area contributed by atoms with Crippen molar-refractivity contribution in [3.8, 4) is 5.75 Å². The van der Waals surface area contributed by atoms with E-state index in [0.29, 0.717) is 16.7 Å². The van der Waals surface area contributed by atoms with E-state index < -0.39 is 0 Å². The fourth-order valence-corrected chi connectivity index (χ4v) is 2.46. The topological polar surface area (TPSA) is 47.3 Å². The van der Waals surface area contributed by atoms with Crippen molar-refractivity contribution in [2.45, 2.75) is 19.4 Å². The molecule has 3 nitrogen and oxygen atoms in total. The van der Waals surface area contributed by atoms with E-state index >= 15 is 0 Å². The van der Waals surface area contributed by atoms with Crippen LogP contribution in [0.5, 0.6) is 5.75 Å². The highest BCUT2D eigenvalue weighted by Gasteiger charge is 2.11. The largest absolute Gasteiger partial charge is 0.494 e. The van der Waals surface area contributed by atoms with Crippen molar-refractivity contribution in [3.63, 3.8) is 0 Å². The number of hydrogen-bond acceptors (Lipinski definition) is 3. The van der Waals surface area contributed by atoms with Gasteiger partial charge in [0, 0.05) is 6.04 Å². The molecule has 0 aliphatic carbocycles. The Hall–Kier alpha value is -1.26. The van der Waals surface area contributed by atoms with Crippen LogP contribution in [0.2, 0.25) is 10.0 Å². The standard InChI is InChI=1S/C16H18Cl2N2O/c1-2-21-13-6-4-12(5-7-13)16(20-19)10-11-3-8-14(17)15(18)9-11/h3-9,16,20H,2,10,19H2,1H3. The number of nitrogens with two attached hydrogens (primary N) is 1. The molecule has 2 rings (SSSR count). The van der Waals surface area contributed by atoms with Gasteiger partial charge in [-0.15, -0.1) is 0 Å². The summed E-state index contributed by atoms with van der Waals surface area (Å²) in [4.78, 5) is 0. The Morgan fingerprint density at radius 1 is 1.10 bits per heavy atom. The second kappa shape index (κ2) is 7.66. The van der Waals surface area contributed by atoms with Crippen LogP contribution in [-0.2, 0) is 6.42 Å². The minimum atomic E-state index is -0.00193. The van der Waals surface area contributed by atoms with Gasteiger partial charge in [0.1, 0.15) is 5.75 Å². The smallest absolute Gasteiger partial charge is 0.119 e. The summed E-state index contributed by atoms with van der Waals surface area (Å²) in [6.07, 6.45) is 0.724. The van der Waals surface area contributed by atoms with Gasteiger partial charge in [-0.2, -0.15) is 0 Å². The minimum Gasteiger partial charge on any atom is -0.494 e. The maximum absolute atomic E-state index is 6.04. The van der Waals surface area contributed by atoms with E-state index in [-0.39, 0.29) is 6.04 Å². The maximum Gasteiger partial charge on any atom is 0.119 e. The summed E-state index contributed by atoms with van der Waals surface area (Å²) < 4.78 is 5.44. The molecule has 0 bridgehead atoms. The van der Waals surface area contributed by atoms with Gasteiger partial charge in [0.05, 0.1) is 16.7 Å². The summed E-state index contributed by atoms with van der Waals surface area (Å²) in [6, 6.07) is 13.5. The number of ether oxygens (including phenoxy) is 1. The molecular weight excluding hydrogens is 307 g/mol. The molecule has 0 saturated heterocycles. The maximum atomic E-state index is 6.04. The first-order chi connectivity index (χ1) is 10.1. The molecule has 112 valence electrons. The van der Waals surface area contributed by atoms with Gasteiger partial charge in [-0.1, -0.05) is 41.4 Å².